The minimum absolute atomic E-state index is 0.220. The van der Waals surface area contributed by atoms with Crippen LogP contribution in [0.15, 0.2) is 24.4 Å². The molecule has 0 aromatic carbocycles. The van der Waals surface area contributed by atoms with Gasteiger partial charge in [0, 0.05) is 29.9 Å². The van der Waals surface area contributed by atoms with Gasteiger partial charge in [0.05, 0.1) is 0 Å². The average molecular weight is 168 g/mol. The lowest BCUT2D eigenvalue weighted by Crippen LogP contribution is -2.34. The topological polar surface area (TPSA) is 44.3 Å². The van der Waals surface area contributed by atoms with Crippen LogP contribution in [0.25, 0.3) is 0 Å². The van der Waals surface area contributed by atoms with E-state index in [4.69, 9.17) is 5.11 Å². The largest absolute Gasteiger partial charge is 0.396 e. The first-order chi connectivity index (χ1) is 5.84. The van der Waals surface area contributed by atoms with Crippen LogP contribution in [0.1, 0.15) is 18.5 Å². The van der Waals surface area contributed by atoms with Crippen molar-refractivity contribution in [1.29, 1.82) is 0 Å². The molecule has 1 aromatic heterocycles. The Morgan fingerprint density at radius 1 is 1.25 bits per heavy atom. The summed E-state index contributed by atoms with van der Waals surface area (Å²) in [7, 11) is 0. The van der Waals surface area contributed by atoms with Crippen molar-refractivity contribution in [3.8, 4) is 0 Å². The molecule has 66 valence electrons. The van der Waals surface area contributed by atoms with Crippen molar-refractivity contribution < 1.29 is 15.0 Å². The highest BCUT2D eigenvalue weighted by atomic mass is 16.5. The second-order valence-corrected chi connectivity index (χ2v) is 2.72. The van der Waals surface area contributed by atoms with Gasteiger partial charge >= 0.3 is 0 Å². The third kappa shape index (κ3) is 2.51. The predicted octanol–water partition coefficient (Wildman–Crippen LogP) is 0.526. The summed E-state index contributed by atoms with van der Waals surface area (Å²) in [5.74, 6) is 0. The number of hydrogen-bond donors (Lipinski definition) is 2. The molecule has 2 N–H and O–H groups in total. The first-order valence-corrected chi connectivity index (χ1v) is 4.14. The summed E-state index contributed by atoms with van der Waals surface area (Å²) in [6.45, 7) is 0.220. The van der Waals surface area contributed by atoms with E-state index >= 15 is 0 Å². The van der Waals surface area contributed by atoms with Crippen LogP contribution in [-0.4, -0.2) is 16.9 Å². The number of aliphatic hydroxyl groups excluding tert-OH is 1. The van der Waals surface area contributed by atoms with Crippen LogP contribution in [-0.2, 0) is 6.42 Å². The van der Waals surface area contributed by atoms with E-state index in [1.807, 2.05) is 12.1 Å². The van der Waals surface area contributed by atoms with E-state index in [1.165, 1.54) is 0 Å². The Bertz CT molecular complexity index is 238. The van der Waals surface area contributed by atoms with Gasteiger partial charge in [-0.25, -0.2) is 0 Å². The number of aromatic nitrogens is 1. The van der Waals surface area contributed by atoms with E-state index in [0.717, 1.165) is 29.7 Å². The van der Waals surface area contributed by atoms with E-state index < -0.39 is 0 Å². The number of unbranched alkanes of at least 4 members (excludes halogenated alkanes) is 1. The van der Waals surface area contributed by atoms with E-state index in [9.17, 15) is 5.21 Å². The van der Waals surface area contributed by atoms with Gasteiger partial charge in [-0.2, -0.15) is 0 Å². The zero-order valence-electron chi connectivity index (χ0n) is 6.98. The normalized spacial score (nSPS) is 10.1. The molecular weight excluding hydrogens is 154 g/mol. The third-order valence-electron chi connectivity index (χ3n) is 1.76. The van der Waals surface area contributed by atoms with E-state index in [2.05, 4.69) is 0 Å². The number of aryl methyl sites for hydroxylation is 1. The lowest BCUT2D eigenvalue weighted by molar-refractivity contribution is -0.909. The predicted molar refractivity (Wildman–Crippen MR) is 43.8 cm³/mol. The number of aliphatic hydroxyl groups is 1. The molecule has 0 aliphatic carbocycles. The first kappa shape index (κ1) is 9.00. The standard InChI is InChI=1S/C9H14NO2/c11-8-4-2-6-9-5-1-3-7-10(9)12/h1,3,5,7,11-12H,2,4,6,8H2/q+1. The SMILES string of the molecule is OCCCCc1cccc[n+]1O. The quantitative estimate of drug-likeness (QED) is 0.391. The van der Waals surface area contributed by atoms with Crippen LogP contribution in [0.3, 0.4) is 0 Å². The van der Waals surface area contributed by atoms with Gasteiger partial charge < -0.3 is 5.11 Å². The minimum atomic E-state index is 0.220. The van der Waals surface area contributed by atoms with Crippen molar-refractivity contribution in [2.24, 2.45) is 0 Å². The van der Waals surface area contributed by atoms with Crippen LogP contribution in [0.2, 0.25) is 0 Å². The highest BCUT2D eigenvalue weighted by Gasteiger charge is 2.06. The summed E-state index contributed by atoms with van der Waals surface area (Å²) in [4.78, 5) is 0. The molecule has 0 radical (unpaired) electrons. The number of pyridine rings is 1. The summed E-state index contributed by atoms with van der Waals surface area (Å²) in [5.41, 5.74) is 0.881. The Balaban J connectivity index is 2.46. The maximum absolute atomic E-state index is 9.26. The number of nitrogens with zero attached hydrogens (tertiary/aromatic N) is 1. The zero-order valence-corrected chi connectivity index (χ0v) is 6.98. The molecule has 0 aliphatic rings. The molecule has 1 aromatic rings. The molecule has 0 bridgehead atoms. The molecule has 0 unspecified atom stereocenters. The molecule has 0 aliphatic heterocycles. The monoisotopic (exact) mass is 168 g/mol. The molecule has 1 heterocycles. The Morgan fingerprint density at radius 2 is 2.08 bits per heavy atom. The second kappa shape index (κ2) is 4.72. The van der Waals surface area contributed by atoms with Crippen LogP contribution >= 0.6 is 0 Å². The molecule has 0 fully saturated rings. The first-order valence-electron chi connectivity index (χ1n) is 4.14. The van der Waals surface area contributed by atoms with Gasteiger partial charge in [0.1, 0.15) is 0 Å². The molecule has 0 atom stereocenters. The number of hydrogen-bond acceptors (Lipinski definition) is 2. The lowest BCUT2D eigenvalue weighted by atomic mass is 10.2. The van der Waals surface area contributed by atoms with Crippen LogP contribution in [0.4, 0.5) is 0 Å². The molecule has 0 spiro atoms. The Kier molecular flexibility index (Phi) is 3.54. The van der Waals surface area contributed by atoms with Crippen molar-refractivity contribution in [1.82, 2.24) is 0 Å². The van der Waals surface area contributed by atoms with E-state index in [0.29, 0.717) is 0 Å². The van der Waals surface area contributed by atoms with Crippen LogP contribution in [0, 0.1) is 0 Å². The fourth-order valence-electron chi connectivity index (χ4n) is 1.09. The van der Waals surface area contributed by atoms with Gasteiger partial charge in [-0.15, -0.1) is 0 Å². The van der Waals surface area contributed by atoms with Gasteiger partial charge in [-0.3, -0.25) is 5.21 Å². The van der Waals surface area contributed by atoms with Crippen molar-refractivity contribution in [3.63, 3.8) is 0 Å². The Labute approximate surface area is 71.9 Å². The fourth-order valence-corrected chi connectivity index (χ4v) is 1.09. The molecule has 1 rings (SSSR count). The smallest absolute Gasteiger partial charge is 0.234 e. The van der Waals surface area contributed by atoms with E-state index in [1.54, 1.807) is 12.3 Å². The maximum Gasteiger partial charge on any atom is 0.234 e. The van der Waals surface area contributed by atoms with Gasteiger partial charge in [-0.1, -0.05) is 0 Å². The highest BCUT2D eigenvalue weighted by Crippen LogP contribution is 1.98. The molecule has 3 heteroatoms. The molecule has 3 nitrogen and oxygen atoms in total. The highest BCUT2D eigenvalue weighted by molar-refractivity contribution is 4.96. The summed E-state index contributed by atoms with van der Waals surface area (Å²) in [5, 5.41) is 17.8. The second-order valence-electron chi connectivity index (χ2n) is 2.72. The fraction of sp³-hybridized carbons (Fsp3) is 0.444. The Hall–Kier alpha value is -1.09. The van der Waals surface area contributed by atoms with Crippen LogP contribution < -0.4 is 4.73 Å². The Morgan fingerprint density at radius 3 is 2.75 bits per heavy atom. The van der Waals surface area contributed by atoms with Crippen molar-refractivity contribution in [3.05, 3.63) is 30.1 Å². The third-order valence-corrected chi connectivity index (χ3v) is 1.76. The maximum atomic E-state index is 9.26. The molecule has 12 heavy (non-hydrogen) atoms. The molecule has 0 amide bonds. The molecule has 0 saturated heterocycles. The minimum Gasteiger partial charge on any atom is -0.396 e. The average Bonchev–Trinajstić information content (AvgIpc) is 2.09. The van der Waals surface area contributed by atoms with Gasteiger partial charge in [0.25, 0.3) is 0 Å². The van der Waals surface area contributed by atoms with Crippen molar-refractivity contribution in [2.75, 3.05) is 6.61 Å². The summed E-state index contributed by atoms with van der Waals surface area (Å²) in [6.07, 6.45) is 4.10. The van der Waals surface area contributed by atoms with Gasteiger partial charge in [-0.05, 0) is 18.9 Å². The van der Waals surface area contributed by atoms with Gasteiger partial charge in [0.15, 0.2) is 0 Å². The molecule has 0 saturated carbocycles. The van der Waals surface area contributed by atoms with Crippen molar-refractivity contribution >= 4 is 0 Å². The van der Waals surface area contributed by atoms with Crippen LogP contribution in [0.5, 0.6) is 0 Å². The van der Waals surface area contributed by atoms with Gasteiger partial charge in [0.2, 0.25) is 11.9 Å². The molecular formula is C9H14NO2+. The summed E-state index contributed by atoms with van der Waals surface area (Å²) in [6, 6.07) is 5.54. The van der Waals surface area contributed by atoms with E-state index in [-0.39, 0.29) is 6.61 Å². The summed E-state index contributed by atoms with van der Waals surface area (Å²) >= 11 is 0. The van der Waals surface area contributed by atoms with Crippen molar-refractivity contribution in [2.45, 2.75) is 19.3 Å². The lowest BCUT2D eigenvalue weighted by Gasteiger charge is -1.95. The summed E-state index contributed by atoms with van der Waals surface area (Å²) < 4.78 is 1.12. The number of rotatable bonds is 4. The zero-order chi connectivity index (χ0) is 8.81.